The molecule has 0 bridgehead atoms. The van der Waals surface area contributed by atoms with E-state index in [2.05, 4.69) is 0 Å². The molecule has 1 aromatic carbocycles. The Morgan fingerprint density at radius 2 is 2.14 bits per heavy atom. The van der Waals surface area contributed by atoms with Gasteiger partial charge < -0.3 is 9.84 Å². The molecule has 2 rings (SSSR count). The molecule has 0 radical (unpaired) electrons. The largest absolute Gasteiger partial charge is 0.497 e. The first-order valence-corrected chi connectivity index (χ1v) is 9.26. The van der Waals surface area contributed by atoms with Crippen LogP contribution in [0.5, 0.6) is 5.75 Å². The fourth-order valence-electron chi connectivity index (χ4n) is 2.75. The molecule has 0 aliphatic carbocycles. The molecule has 1 N–H and O–H groups in total. The summed E-state index contributed by atoms with van der Waals surface area (Å²) in [5, 5.41) is 9.96. The molecule has 0 spiro atoms. The summed E-state index contributed by atoms with van der Waals surface area (Å²) >= 11 is 0. The Bertz CT molecular complexity index is 600. The monoisotopic (exact) mass is 327 g/mol. The summed E-state index contributed by atoms with van der Waals surface area (Å²) in [7, 11) is -1.79. The maximum atomic E-state index is 12.6. The second-order valence-electron chi connectivity index (χ2n) is 6.25. The number of nitrogens with zero attached hydrogens (tertiary/aromatic N) is 1. The van der Waals surface area contributed by atoms with Gasteiger partial charge in [-0.25, -0.2) is 8.42 Å². The number of benzene rings is 1. The number of methoxy groups -OCH3 is 1. The SMILES string of the molecule is COc1cccc([C@@H]2C[C@H](O)CN2S(=O)(=O)CCC(C)C)c1. The Hall–Kier alpha value is -1.11. The Morgan fingerprint density at radius 1 is 1.41 bits per heavy atom. The second kappa shape index (κ2) is 6.98. The van der Waals surface area contributed by atoms with Gasteiger partial charge in [0.1, 0.15) is 5.75 Å². The van der Waals surface area contributed by atoms with E-state index in [-0.39, 0.29) is 18.3 Å². The highest BCUT2D eigenvalue weighted by Crippen LogP contribution is 2.36. The highest BCUT2D eigenvalue weighted by Gasteiger charge is 2.39. The van der Waals surface area contributed by atoms with Crippen molar-refractivity contribution in [2.75, 3.05) is 19.4 Å². The lowest BCUT2D eigenvalue weighted by atomic mass is 10.0. The van der Waals surface area contributed by atoms with Crippen LogP contribution in [0.3, 0.4) is 0 Å². The average molecular weight is 327 g/mol. The molecule has 0 aromatic heterocycles. The van der Waals surface area contributed by atoms with Gasteiger partial charge in [0.2, 0.25) is 10.0 Å². The molecule has 1 saturated heterocycles. The molecule has 6 heteroatoms. The first kappa shape index (κ1) is 17.2. The van der Waals surface area contributed by atoms with Crippen molar-refractivity contribution in [3.05, 3.63) is 29.8 Å². The van der Waals surface area contributed by atoms with E-state index < -0.39 is 16.1 Å². The molecular formula is C16H25NO4S. The van der Waals surface area contributed by atoms with Gasteiger partial charge in [-0.15, -0.1) is 0 Å². The number of hydrogen-bond donors (Lipinski definition) is 1. The van der Waals surface area contributed by atoms with Gasteiger partial charge >= 0.3 is 0 Å². The number of hydrogen-bond acceptors (Lipinski definition) is 4. The highest BCUT2D eigenvalue weighted by atomic mass is 32.2. The van der Waals surface area contributed by atoms with Crippen molar-refractivity contribution in [1.82, 2.24) is 4.31 Å². The van der Waals surface area contributed by atoms with E-state index in [1.807, 2.05) is 38.1 Å². The van der Waals surface area contributed by atoms with Crippen molar-refractivity contribution in [1.29, 1.82) is 0 Å². The standard InChI is InChI=1S/C16H25NO4S/c1-12(2)7-8-22(19,20)17-11-14(18)10-16(17)13-5-4-6-15(9-13)21-3/h4-6,9,12,14,16,18H,7-8,10-11H2,1-3H3/t14-,16-/m0/s1. The molecule has 1 aliphatic rings. The van der Waals surface area contributed by atoms with Crippen LogP contribution in [-0.4, -0.2) is 43.3 Å². The van der Waals surface area contributed by atoms with Gasteiger partial charge in [0, 0.05) is 6.54 Å². The van der Waals surface area contributed by atoms with E-state index in [0.717, 1.165) is 5.56 Å². The van der Waals surface area contributed by atoms with Crippen LogP contribution >= 0.6 is 0 Å². The average Bonchev–Trinajstić information content (AvgIpc) is 2.88. The third kappa shape index (κ3) is 4.00. The van der Waals surface area contributed by atoms with Crippen LogP contribution in [0.15, 0.2) is 24.3 Å². The van der Waals surface area contributed by atoms with Crippen LogP contribution < -0.4 is 4.74 Å². The molecule has 0 unspecified atom stereocenters. The number of sulfonamides is 1. The lowest BCUT2D eigenvalue weighted by Gasteiger charge is -2.24. The fraction of sp³-hybridized carbons (Fsp3) is 0.625. The van der Waals surface area contributed by atoms with Crippen molar-refractivity contribution >= 4 is 10.0 Å². The first-order valence-electron chi connectivity index (χ1n) is 7.65. The number of rotatable bonds is 6. The van der Waals surface area contributed by atoms with Crippen LogP contribution in [0.2, 0.25) is 0 Å². The zero-order valence-corrected chi connectivity index (χ0v) is 14.2. The van der Waals surface area contributed by atoms with Gasteiger partial charge in [-0.1, -0.05) is 26.0 Å². The Kier molecular flexibility index (Phi) is 5.47. The number of aliphatic hydroxyl groups excluding tert-OH is 1. The molecule has 5 nitrogen and oxygen atoms in total. The van der Waals surface area contributed by atoms with Crippen molar-refractivity contribution < 1.29 is 18.3 Å². The Morgan fingerprint density at radius 3 is 2.77 bits per heavy atom. The predicted molar refractivity (Wildman–Crippen MR) is 86.3 cm³/mol. The van der Waals surface area contributed by atoms with Gasteiger partial charge in [0.05, 0.1) is 25.0 Å². The molecule has 2 atom stereocenters. The summed E-state index contributed by atoms with van der Waals surface area (Å²) < 4.78 is 31.9. The van der Waals surface area contributed by atoms with Crippen LogP contribution in [0.4, 0.5) is 0 Å². The molecule has 124 valence electrons. The molecule has 22 heavy (non-hydrogen) atoms. The number of β-amino-alcohol motifs (C(OH)–C–C–N with tert-alkyl or cyclic N) is 1. The normalized spacial score (nSPS) is 23.1. The summed E-state index contributed by atoms with van der Waals surface area (Å²) in [6.45, 7) is 4.18. The van der Waals surface area contributed by atoms with Crippen LogP contribution in [-0.2, 0) is 10.0 Å². The molecular weight excluding hydrogens is 302 g/mol. The second-order valence-corrected chi connectivity index (χ2v) is 8.29. The lowest BCUT2D eigenvalue weighted by molar-refractivity contribution is 0.188. The molecule has 1 heterocycles. The molecule has 1 aliphatic heterocycles. The first-order chi connectivity index (χ1) is 10.3. The van der Waals surface area contributed by atoms with Gasteiger partial charge in [0.25, 0.3) is 0 Å². The van der Waals surface area contributed by atoms with E-state index in [4.69, 9.17) is 4.74 Å². The quantitative estimate of drug-likeness (QED) is 0.869. The van der Waals surface area contributed by atoms with Gasteiger partial charge in [-0.3, -0.25) is 0 Å². The zero-order valence-electron chi connectivity index (χ0n) is 13.4. The fourth-order valence-corrected chi connectivity index (χ4v) is 4.74. The number of aliphatic hydroxyl groups is 1. The summed E-state index contributed by atoms with van der Waals surface area (Å²) in [6.07, 6.45) is 0.429. The minimum Gasteiger partial charge on any atom is -0.497 e. The minimum atomic E-state index is -3.37. The summed E-state index contributed by atoms with van der Waals surface area (Å²) in [6, 6.07) is 7.08. The zero-order chi connectivity index (χ0) is 16.3. The van der Waals surface area contributed by atoms with Gasteiger partial charge in [-0.2, -0.15) is 4.31 Å². The number of ether oxygens (including phenoxy) is 1. The van der Waals surface area contributed by atoms with Crippen LogP contribution in [0.25, 0.3) is 0 Å². The summed E-state index contributed by atoms with van der Waals surface area (Å²) in [4.78, 5) is 0. The molecule has 0 amide bonds. The van der Waals surface area contributed by atoms with Crippen LogP contribution in [0.1, 0.15) is 38.3 Å². The van der Waals surface area contributed by atoms with E-state index >= 15 is 0 Å². The van der Waals surface area contributed by atoms with E-state index in [1.165, 1.54) is 4.31 Å². The third-order valence-electron chi connectivity index (χ3n) is 4.02. The Balaban J connectivity index is 2.25. The molecule has 0 saturated carbocycles. The van der Waals surface area contributed by atoms with Crippen molar-refractivity contribution in [2.24, 2.45) is 5.92 Å². The summed E-state index contributed by atoms with van der Waals surface area (Å²) in [5.41, 5.74) is 0.865. The summed E-state index contributed by atoms with van der Waals surface area (Å²) in [5.74, 6) is 1.15. The minimum absolute atomic E-state index is 0.123. The van der Waals surface area contributed by atoms with Crippen LogP contribution in [0, 0.1) is 5.92 Å². The maximum absolute atomic E-state index is 12.6. The van der Waals surface area contributed by atoms with E-state index in [1.54, 1.807) is 7.11 Å². The highest BCUT2D eigenvalue weighted by molar-refractivity contribution is 7.89. The predicted octanol–water partition coefficient (Wildman–Crippen LogP) is 2.18. The third-order valence-corrected chi connectivity index (χ3v) is 5.89. The van der Waals surface area contributed by atoms with Crippen molar-refractivity contribution in [2.45, 2.75) is 38.8 Å². The van der Waals surface area contributed by atoms with E-state index in [0.29, 0.717) is 24.5 Å². The van der Waals surface area contributed by atoms with Gasteiger partial charge in [-0.05, 0) is 36.5 Å². The maximum Gasteiger partial charge on any atom is 0.214 e. The topological polar surface area (TPSA) is 66.8 Å². The molecule has 1 aromatic rings. The van der Waals surface area contributed by atoms with E-state index in [9.17, 15) is 13.5 Å². The smallest absolute Gasteiger partial charge is 0.214 e. The van der Waals surface area contributed by atoms with Gasteiger partial charge in [0.15, 0.2) is 0 Å². The molecule has 1 fully saturated rings. The lowest BCUT2D eigenvalue weighted by Crippen LogP contribution is -2.34. The Labute approximate surface area is 133 Å². The van der Waals surface area contributed by atoms with Crippen molar-refractivity contribution in [3.63, 3.8) is 0 Å². The van der Waals surface area contributed by atoms with Crippen molar-refractivity contribution in [3.8, 4) is 5.75 Å².